The Morgan fingerprint density at radius 3 is 2.33 bits per heavy atom. The molecule has 1 heterocycles. The minimum absolute atomic E-state index is 0.00843. The van der Waals surface area contributed by atoms with E-state index < -0.39 is 17.7 Å². The zero-order valence-electron chi connectivity index (χ0n) is 11.9. The Hall–Kier alpha value is -1.10. The van der Waals surface area contributed by atoms with Crippen LogP contribution < -0.4 is 5.73 Å². The second kappa shape index (κ2) is 5.26. The maximum absolute atomic E-state index is 12.2. The van der Waals surface area contributed by atoms with E-state index in [0.717, 1.165) is 0 Å². The summed E-state index contributed by atoms with van der Waals surface area (Å²) in [6.07, 6.45) is 0.602. The first-order valence-corrected chi connectivity index (χ1v) is 6.42. The quantitative estimate of drug-likeness (QED) is 0.762. The van der Waals surface area contributed by atoms with Gasteiger partial charge in [0.15, 0.2) is 0 Å². The highest BCUT2D eigenvalue weighted by Crippen LogP contribution is 2.21. The molecule has 2 atom stereocenters. The minimum atomic E-state index is -0.547. The lowest BCUT2D eigenvalue weighted by atomic mass is 10.0. The van der Waals surface area contributed by atoms with Crippen LogP contribution in [0.15, 0.2) is 0 Å². The molecular weight excluding hydrogens is 232 g/mol. The predicted octanol–water partition coefficient (Wildman–Crippen LogP) is 0.912. The van der Waals surface area contributed by atoms with Crippen molar-refractivity contribution in [2.45, 2.75) is 58.7 Å². The number of ether oxygens (including phenoxy) is 1. The van der Waals surface area contributed by atoms with E-state index in [4.69, 9.17) is 10.5 Å². The Labute approximate surface area is 109 Å². The predicted molar refractivity (Wildman–Crippen MR) is 68.8 cm³/mol. The summed E-state index contributed by atoms with van der Waals surface area (Å²) in [4.78, 5) is 25.7. The highest BCUT2D eigenvalue weighted by atomic mass is 16.6. The number of nitrogens with zero attached hydrogens (tertiary/aromatic N) is 1. The summed E-state index contributed by atoms with van der Waals surface area (Å²) in [7, 11) is 0. The molecule has 0 aliphatic carbocycles. The molecule has 5 heteroatoms. The summed E-state index contributed by atoms with van der Waals surface area (Å²) < 4.78 is 5.38. The highest BCUT2D eigenvalue weighted by Gasteiger charge is 2.40. The second-order valence-corrected chi connectivity index (χ2v) is 6.15. The van der Waals surface area contributed by atoms with E-state index in [1.54, 1.807) is 4.90 Å². The number of esters is 1. The number of rotatable bonds is 3. The fourth-order valence-corrected chi connectivity index (χ4v) is 2.12. The van der Waals surface area contributed by atoms with Gasteiger partial charge in [-0.15, -0.1) is 0 Å². The lowest BCUT2D eigenvalue weighted by Gasteiger charge is -2.32. The first kappa shape index (κ1) is 15.0. The van der Waals surface area contributed by atoms with Gasteiger partial charge in [0, 0.05) is 6.54 Å². The largest absolute Gasteiger partial charge is 0.458 e. The van der Waals surface area contributed by atoms with E-state index in [1.807, 2.05) is 34.6 Å². The van der Waals surface area contributed by atoms with Gasteiger partial charge < -0.3 is 15.4 Å². The van der Waals surface area contributed by atoms with Crippen LogP contribution in [0.1, 0.15) is 41.0 Å². The van der Waals surface area contributed by atoms with Crippen molar-refractivity contribution in [3.05, 3.63) is 0 Å². The van der Waals surface area contributed by atoms with Gasteiger partial charge in [-0.05, 0) is 33.1 Å². The maximum Gasteiger partial charge on any atom is 0.329 e. The van der Waals surface area contributed by atoms with Gasteiger partial charge in [-0.3, -0.25) is 4.79 Å². The molecule has 0 aromatic carbocycles. The van der Waals surface area contributed by atoms with Gasteiger partial charge in [0.05, 0.1) is 6.04 Å². The van der Waals surface area contributed by atoms with Crippen LogP contribution in [0.25, 0.3) is 0 Å². The summed E-state index contributed by atoms with van der Waals surface area (Å²) in [5, 5.41) is 0. The first-order chi connectivity index (χ1) is 8.13. The molecule has 0 saturated carbocycles. The van der Waals surface area contributed by atoms with E-state index in [1.165, 1.54) is 0 Å². The third kappa shape index (κ3) is 3.45. The van der Waals surface area contributed by atoms with E-state index in [9.17, 15) is 9.59 Å². The average molecular weight is 256 g/mol. The third-order valence-corrected chi connectivity index (χ3v) is 2.90. The summed E-state index contributed by atoms with van der Waals surface area (Å²) >= 11 is 0. The number of carbonyl (C=O) groups is 2. The van der Waals surface area contributed by atoms with Crippen molar-refractivity contribution >= 4 is 11.9 Å². The molecule has 1 rings (SSSR count). The van der Waals surface area contributed by atoms with Crippen molar-refractivity contribution in [3.8, 4) is 0 Å². The van der Waals surface area contributed by atoms with Crippen molar-refractivity contribution in [2.75, 3.05) is 6.54 Å². The van der Waals surface area contributed by atoms with Gasteiger partial charge >= 0.3 is 5.97 Å². The van der Waals surface area contributed by atoms with Crippen molar-refractivity contribution in [1.82, 2.24) is 4.90 Å². The van der Waals surface area contributed by atoms with E-state index in [-0.39, 0.29) is 17.8 Å². The fourth-order valence-electron chi connectivity index (χ4n) is 2.12. The Morgan fingerprint density at radius 1 is 1.44 bits per heavy atom. The molecule has 0 spiro atoms. The first-order valence-electron chi connectivity index (χ1n) is 6.42. The van der Waals surface area contributed by atoms with Crippen LogP contribution in [0.4, 0.5) is 0 Å². The van der Waals surface area contributed by atoms with Crippen LogP contribution in [0.2, 0.25) is 0 Å². The molecule has 1 saturated heterocycles. The molecule has 0 aromatic heterocycles. The number of amides is 1. The van der Waals surface area contributed by atoms with Gasteiger partial charge in [-0.2, -0.15) is 0 Å². The van der Waals surface area contributed by atoms with Gasteiger partial charge in [-0.25, -0.2) is 4.79 Å². The molecule has 5 nitrogen and oxygen atoms in total. The van der Waals surface area contributed by atoms with Crippen molar-refractivity contribution in [2.24, 2.45) is 11.7 Å². The molecule has 2 N–H and O–H groups in total. The maximum atomic E-state index is 12.2. The molecule has 1 aliphatic heterocycles. The molecule has 1 aliphatic rings. The zero-order valence-corrected chi connectivity index (χ0v) is 11.9. The molecule has 1 amide bonds. The monoisotopic (exact) mass is 256 g/mol. The van der Waals surface area contributed by atoms with Crippen molar-refractivity contribution < 1.29 is 14.3 Å². The van der Waals surface area contributed by atoms with Crippen LogP contribution in [-0.4, -0.2) is 41.0 Å². The number of hydrogen-bond acceptors (Lipinski definition) is 4. The Balaban J connectivity index is 2.84. The number of likely N-dealkylation sites (tertiary alicyclic amines) is 1. The molecule has 104 valence electrons. The summed E-state index contributed by atoms with van der Waals surface area (Å²) in [6.45, 7) is 9.80. The van der Waals surface area contributed by atoms with E-state index >= 15 is 0 Å². The molecule has 0 unspecified atom stereocenters. The Morgan fingerprint density at radius 2 is 2.00 bits per heavy atom. The van der Waals surface area contributed by atoms with E-state index in [0.29, 0.717) is 13.0 Å². The van der Waals surface area contributed by atoms with Crippen LogP contribution in [0.3, 0.4) is 0 Å². The van der Waals surface area contributed by atoms with Crippen LogP contribution in [0.5, 0.6) is 0 Å². The standard InChI is InChI=1S/C13H24N2O3/c1-8(2)10(12(17)18-13(3,4)5)15-7-6-9(14)11(15)16/h8-10H,6-7,14H2,1-5H3/t9-,10-/m1/s1. The van der Waals surface area contributed by atoms with Crippen molar-refractivity contribution in [3.63, 3.8) is 0 Å². The topological polar surface area (TPSA) is 72.6 Å². The average Bonchev–Trinajstić information content (AvgIpc) is 2.46. The van der Waals surface area contributed by atoms with Crippen LogP contribution in [0, 0.1) is 5.92 Å². The van der Waals surface area contributed by atoms with Crippen LogP contribution in [-0.2, 0) is 14.3 Å². The number of nitrogens with two attached hydrogens (primary N) is 1. The smallest absolute Gasteiger partial charge is 0.329 e. The van der Waals surface area contributed by atoms with Gasteiger partial charge in [-0.1, -0.05) is 13.8 Å². The third-order valence-electron chi connectivity index (χ3n) is 2.90. The van der Waals surface area contributed by atoms with Gasteiger partial charge in [0.1, 0.15) is 11.6 Å². The molecule has 0 aromatic rings. The summed E-state index contributed by atoms with van der Waals surface area (Å²) in [5.74, 6) is -0.492. The zero-order chi connectivity index (χ0) is 14.1. The normalized spacial score (nSPS) is 22.5. The Kier molecular flexibility index (Phi) is 4.37. The number of hydrogen-bond donors (Lipinski definition) is 1. The summed E-state index contributed by atoms with van der Waals surface area (Å²) in [6, 6.07) is -1.01. The second-order valence-electron chi connectivity index (χ2n) is 6.15. The number of carbonyl (C=O) groups excluding carboxylic acids is 2. The minimum Gasteiger partial charge on any atom is -0.458 e. The fraction of sp³-hybridized carbons (Fsp3) is 0.846. The summed E-state index contributed by atoms with van der Waals surface area (Å²) in [5.41, 5.74) is 5.14. The molecule has 0 bridgehead atoms. The molecule has 1 fully saturated rings. The van der Waals surface area contributed by atoms with E-state index in [2.05, 4.69) is 0 Å². The molecular formula is C13H24N2O3. The lowest BCUT2D eigenvalue weighted by Crippen LogP contribution is -2.49. The Bertz CT molecular complexity index is 334. The van der Waals surface area contributed by atoms with Gasteiger partial charge in [0.2, 0.25) is 5.91 Å². The molecule has 18 heavy (non-hydrogen) atoms. The van der Waals surface area contributed by atoms with Gasteiger partial charge in [0.25, 0.3) is 0 Å². The molecule has 0 radical (unpaired) electrons. The SMILES string of the molecule is CC(C)[C@H](C(=O)OC(C)(C)C)N1CC[C@@H](N)C1=O. The van der Waals surface area contributed by atoms with Crippen molar-refractivity contribution in [1.29, 1.82) is 0 Å². The van der Waals surface area contributed by atoms with Crippen LogP contribution >= 0.6 is 0 Å². The lowest BCUT2D eigenvalue weighted by molar-refractivity contribution is -0.165. The highest BCUT2D eigenvalue weighted by molar-refractivity contribution is 5.89.